The van der Waals surface area contributed by atoms with E-state index in [9.17, 15) is 4.39 Å². The maximum absolute atomic E-state index is 13.7. The Labute approximate surface area is 118 Å². The summed E-state index contributed by atoms with van der Waals surface area (Å²) in [5.41, 5.74) is 2.04. The minimum Gasteiger partial charge on any atom is -0.377 e. The van der Waals surface area contributed by atoms with Crippen LogP contribution in [0.1, 0.15) is 18.3 Å². The number of ether oxygens (including phenoxy) is 1. The number of hydrogen-bond donors (Lipinski definition) is 1. The van der Waals surface area contributed by atoms with Crippen LogP contribution >= 0.6 is 0 Å². The minimum atomic E-state index is -0.237. The summed E-state index contributed by atoms with van der Waals surface area (Å²) >= 11 is 0. The first-order chi connectivity index (χ1) is 9.65. The van der Waals surface area contributed by atoms with E-state index in [1.165, 1.54) is 6.07 Å². The zero-order valence-corrected chi connectivity index (χ0v) is 11.9. The van der Waals surface area contributed by atoms with E-state index >= 15 is 0 Å². The average molecular weight is 275 g/mol. The zero-order valence-electron chi connectivity index (χ0n) is 11.9. The second-order valence-electron chi connectivity index (χ2n) is 4.43. The van der Waals surface area contributed by atoms with Crippen LogP contribution in [0.25, 0.3) is 11.3 Å². The maximum atomic E-state index is 13.7. The first-order valence-electron chi connectivity index (χ1n) is 6.52. The molecule has 4 nitrogen and oxygen atoms in total. The van der Waals surface area contributed by atoms with Crippen molar-refractivity contribution in [3.63, 3.8) is 0 Å². The molecular weight excluding hydrogens is 257 g/mol. The highest BCUT2D eigenvalue weighted by atomic mass is 19.1. The third-order valence-electron chi connectivity index (χ3n) is 2.95. The van der Waals surface area contributed by atoms with Crippen molar-refractivity contribution >= 4 is 5.82 Å². The molecule has 0 amide bonds. The van der Waals surface area contributed by atoms with Gasteiger partial charge < -0.3 is 10.1 Å². The molecule has 0 fully saturated rings. The Morgan fingerprint density at radius 2 is 2.10 bits per heavy atom. The van der Waals surface area contributed by atoms with Crippen molar-refractivity contribution in [2.24, 2.45) is 0 Å². The van der Waals surface area contributed by atoms with Crippen molar-refractivity contribution in [2.45, 2.75) is 20.5 Å². The lowest BCUT2D eigenvalue weighted by Gasteiger charge is -2.11. The molecule has 0 radical (unpaired) electrons. The molecule has 0 saturated heterocycles. The molecule has 106 valence electrons. The lowest BCUT2D eigenvalue weighted by Crippen LogP contribution is -2.06. The summed E-state index contributed by atoms with van der Waals surface area (Å²) in [6, 6.07) is 6.81. The van der Waals surface area contributed by atoms with Gasteiger partial charge in [0.2, 0.25) is 0 Å². The fourth-order valence-corrected chi connectivity index (χ4v) is 1.99. The molecule has 0 spiro atoms. The van der Waals surface area contributed by atoms with E-state index < -0.39 is 0 Å². The van der Waals surface area contributed by atoms with Crippen molar-refractivity contribution in [3.8, 4) is 11.3 Å². The third kappa shape index (κ3) is 3.11. The molecule has 0 aliphatic rings. The number of hydrogen-bond acceptors (Lipinski definition) is 4. The first kappa shape index (κ1) is 14.4. The second kappa shape index (κ2) is 6.43. The molecule has 0 bridgehead atoms. The van der Waals surface area contributed by atoms with E-state index in [1.807, 2.05) is 19.1 Å². The number of nitrogens with zero attached hydrogens (tertiary/aromatic N) is 2. The van der Waals surface area contributed by atoms with E-state index in [2.05, 4.69) is 15.3 Å². The van der Waals surface area contributed by atoms with Gasteiger partial charge in [0.25, 0.3) is 0 Å². The van der Waals surface area contributed by atoms with Gasteiger partial charge >= 0.3 is 0 Å². The van der Waals surface area contributed by atoms with E-state index in [-0.39, 0.29) is 5.82 Å². The summed E-state index contributed by atoms with van der Waals surface area (Å²) in [5.74, 6) is 1.05. The topological polar surface area (TPSA) is 47.0 Å². The molecule has 0 unspecified atom stereocenters. The van der Waals surface area contributed by atoms with Gasteiger partial charge in [0.1, 0.15) is 18.2 Å². The lowest BCUT2D eigenvalue weighted by molar-refractivity contribution is 0.178. The molecule has 1 aromatic carbocycles. The molecule has 20 heavy (non-hydrogen) atoms. The minimum absolute atomic E-state index is 0.237. The normalized spacial score (nSPS) is 10.6. The molecule has 0 aliphatic carbocycles. The van der Waals surface area contributed by atoms with Crippen molar-refractivity contribution in [2.75, 3.05) is 19.0 Å². The molecule has 2 rings (SSSR count). The molecule has 1 heterocycles. The Kier molecular flexibility index (Phi) is 4.63. The van der Waals surface area contributed by atoms with Crippen LogP contribution < -0.4 is 5.32 Å². The average Bonchev–Trinajstić information content (AvgIpc) is 2.42. The largest absolute Gasteiger partial charge is 0.377 e. The summed E-state index contributed by atoms with van der Waals surface area (Å²) < 4.78 is 18.8. The molecule has 0 aliphatic heterocycles. The molecular formula is C15H18FN3O. The fourth-order valence-electron chi connectivity index (χ4n) is 1.99. The van der Waals surface area contributed by atoms with Crippen LogP contribution in [0.3, 0.4) is 0 Å². The SMILES string of the molecule is CCNc1cc(-c2cccc(F)c2C)nc(COC)n1. The van der Waals surface area contributed by atoms with Gasteiger partial charge in [0.05, 0.1) is 5.69 Å². The van der Waals surface area contributed by atoms with Crippen LogP contribution in [0, 0.1) is 12.7 Å². The van der Waals surface area contributed by atoms with Gasteiger partial charge in [-0.2, -0.15) is 0 Å². The number of methoxy groups -OCH3 is 1. The van der Waals surface area contributed by atoms with E-state index in [0.29, 0.717) is 29.5 Å². The van der Waals surface area contributed by atoms with Crippen molar-refractivity contribution < 1.29 is 9.13 Å². The number of rotatable bonds is 5. The standard InChI is InChI=1S/C15H18FN3O/c1-4-17-14-8-13(18-15(19-14)9-20-3)11-6-5-7-12(16)10(11)2/h5-8H,4,9H2,1-3H3,(H,17,18,19). The fraction of sp³-hybridized carbons (Fsp3) is 0.333. The van der Waals surface area contributed by atoms with Crippen molar-refractivity contribution in [1.82, 2.24) is 9.97 Å². The number of aromatic nitrogens is 2. The zero-order chi connectivity index (χ0) is 14.5. The Bertz CT molecular complexity index is 577. The summed E-state index contributed by atoms with van der Waals surface area (Å²) in [6.45, 7) is 4.81. The van der Waals surface area contributed by atoms with Gasteiger partial charge in [-0.25, -0.2) is 14.4 Å². The van der Waals surface area contributed by atoms with Gasteiger partial charge in [0.15, 0.2) is 5.82 Å². The maximum Gasteiger partial charge on any atom is 0.157 e. The van der Waals surface area contributed by atoms with Crippen LogP contribution in [0.5, 0.6) is 0 Å². The van der Waals surface area contributed by atoms with Crippen LogP contribution in [0.2, 0.25) is 0 Å². The first-order valence-corrected chi connectivity index (χ1v) is 6.52. The summed E-state index contributed by atoms with van der Waals surface area (Å²) in [4.78, 5) is 8.78. The van der Waals surface area contributed by atoms with Gasteiger partial charge in [-0.05, 0) is 25.5 Å². The van der Waals surface area contributed by atoms with Crippen LogP contribution in [-0.2, 0) is 11.3 Å². The predicted octanol–water partition coefficient (Wildman–Crippen LogP) is 3.17. The quantitative estimate of drug-likeness (QED) is 0.910. The molecule has 2 aromatic rings. The van der Waals surface area contributed by atoms with Crippen LogP contribution in [0.15, 0.2) is 24.3 Å². The summed E-state index contributed by atoms with van der Waals surface area (Å²) in [6.07, 6.45) is 0. The van der Waals surface area contributed by atoms with E-state index in [4.69, 9.17) is 4.74 Å². The highest BCUT2D eigenvalue weighted by molar-refractivity contribution is 5.66. The number of benzene rings is 1. The third-order valence-corrected chi connectivity index (χ3v) is 2.95. The van der Waals surface area contributed by atoms with Gasteiger partial charge in [-0.3, -0.25) is 0 Å². The number of nitrogens with one attached hydrogen (secondary N) is 1. The van der Waals surface area contributed by atoms with E-state index in [1.54, 1.807) is 20.1 Å². The van der Waals surface area contributed by atoms with Crippen molar-refractivity contribution in [3.05, 3.63) is 41.5 Å². The second-order valence-corrected chi connectivity index (χ2v) is 4.43. The number of anilines is 1. The monoisotopic (exact) mass is 275 g/mol. The number of halogens is 1. The summed E-state index contributed by atoms with van der Waals surface area (Å²) in [5, 5.41) is 3.15. The molecule has 0 atom stereocenters. The van der Waals surface area contributed by atoms with Crippen LogP contribution in [-0.4, -0.2) is 23.6 Å². The molecule has 1 N–H and O–H groups in total. The summed E-state index contributed by atoms with van der Waals surface area (Å²) in [7, 11) is 1.59. The molecule has 0 saturated carbocycles. The molecule has 1 aromatic heterocycles. The van der Waals surface area contributed by atoms with Gasteiger partial charge in [-0.1, -0.05) is 12.1 Å². The highest BCUT2D eigenvalue weighted by Gasteiger charge is 2.10. The Morgan fingerprint density at radius 3 is 2.80 bits per heavy atom. The van der Waals surface area contributed by atoms with Crippen molar-refractivity contribution in [1.29, 1.82) is 0 Å². The lowest BCUT2D eigenvalue weighted by atomic mass is 10.0. The Balaban J connectivity index is 2.51. The predicted molar refractivity (Wildman–Crippen MR) is 77.0 cm³/mol. The van der Waals surface area contributed by atoms with Gasteiger partial charge in [-0.15, -0.1) is 0 Å². The Hall–Kier alpha value is -2.01. The smallest absolute Gasteiger partial charge is 0.157 e. The van der Waals surface area contributed by atoms with Crippen LogP contribution in [0.4, 0.5) is 10.2 Å². The van der Waals surface area contributed by atoms with E-state index in [0.717, 1.165) is 12.1 Å². The molecule has 5 heteroatoms. The van der Waals surface area contributed by atoms with Gasteiger partial charge in [0, 0.05) is 25.3 Å². The Morgan fingerprint density at radius 1 is 1.30 bits per heavy atom. The highest BCUT2D eigenvalue weighted by Crippen LogP contribution is 2.25.